The van der Waals surface area contributed by atoms with Crippen LogP contribution in [0.2, 0.25) is 0 Å². The van der Waals surface area contributed by atoms with E-state index >= 15 is 0 Å². The van der Waals surface area contributed by atoms with E-state index in [4.69, 9.17) is 19.3 Å². The second-order valence-corrected chi connectivity index (χ2v) is 4.74. The molecule has 116 valence electrons. The number of aliphatic carboxylic acids is 1. The van der Waals surface area contributed by atoms with Crippen LogP contribution in [0, 0.1) is 5.92 Å². The van der Waals surface area contributed by atoms with Crippen molar-refractivity contribution in [2.75, 3.05) is 21.3 Å². The molecule has 0 unspecified atom stereocenters. The summed E-state index contributed by atoms with van der Waals surface area (Å²) in [7, 11) is 4.42. The third-order valence-electron chi connectivity index (χ3n) is 3.04. The normalized spacial score (nSPS) is 11.6. The monoisotopic (exact) mass is 296 g/mol. The first kappa shape index (κ1) is 16.8. The van der Waals surface area contributed by atoms with E-state index in [9.17, 15) is 9.59 Å². The molecule has 0 spiro atoms. The minimum Gasteiger partial charge on any atom is -0.493 e. The molecule has 1 rings (SSSR count). The predicted octanol–water partition coefficient (Wildman–Crippen LogP) is 2.40. The maximum Gasteiger partial charge on any atom is 0.303 e. The molecule has 1 atom stereocenters. The Morgan fingerprint density at radius 3 is 1.95 bits per heavy atom. The van der Waals surface area contributed by atoms with Gasteiger partial charge in [-0.1, -0.05) is 6.92 Å². The van der Waals surface area contributed by atoms with Gasteiger partial charge in [0.15, 0.2) is 17.3 Å². The molecule has 1 aromatic rings. The van der Waals surface area contributed by atoms with Crippen LogP contribution in [0.1, 0.15) is 30.1 Å². The number of rotatable bonds is 8. The fraction of sp³-hybridized carbons (Fsp3) is 0.467. The summed E-state index contributed by atoms with van der Waals surface area (Å²) in [6, 6.07) is 3.13. The molecule has 0 fully saturated rings. The molecule has 6 nitrogen and oxygen atoms in total. The molecule has 0 saturated heterocycles. The molecule has 0 bridgehead atoms. The van der Waals surface area contributed by atoms with Crippen molar-refractivity contribution >= 4 is 11.8 Å². The van der Waals surface area contributed by atoms with Crippen LogP contribution in [0.5, 0.6) is 17.2 Å². The number of benzene rings is 1. The first-order valence-electron chi connectivity index (χ1n) is 6.47. The number of carboxylic acid groups (broad SMARTS) is 1. The summed E-state index contributed by atoms with van der Waals surface area (Å²) in [5, 5.41) is 8.73. The van der Waals surface area contributed by atoms with E-state index in [2.05, 4.69) is 0 Å². The molecule has 0 aliphatic carbocycles. The Bertz CT molecular complexity index is 498. The summed E-state index contributed by atoms with van der Waals surface area (Å²) >= 11 is 0. The summed E-state index contributed by atoms with van der Waals surface area (Å²) in [6.07, 6.45) is 0.0983. The van der Waals surface area contributed by atoms with Gasteiger partial charge in [-0.2, -0.15) is 0 Å². The molecule has 1 aromatic carbocycles. The summed E-state index contributed by atoms with van der Waals surface area (Å²) < 4.78 is 15.6. The smallest absolute Gasteiger partial charge is 0.303 e. The van der Waals surface area contributed by atoms with Crippen molar-refractivity contribution in [2.24, 2.45) is 5.92 Å². The topological polar surface area (TPSA) is 82.1 Å². The molecule has 1 N–H and O–H groups in total. The Kier molecular flexibility index (Phi) is 6.02. The van der Waals surface area contributed by atoms with E-state index < -0.39 is 5.97 Å². The molecular weight excluding hydrogens is 276 g/mol. The zero-order valence-electron chi connectivity index (χ0n) is 12.6. The van der Waals surface area contributed by atoms with Crippen LogP contribution < -0.4 is 14.2 Å². The van der Waals surface area contributed by atoms with Gasteiger partial charge < -0.3 is 19.3 Å². The maximum atomic E-state index is 12.2. The molecule has 0 heterocycles. The predicted molar refractivity (Wildman–Crippen MR) is 76.5 cm³/mol. The van der Waals surface area contributed by atoms with Gasteiger partial charge in [-0.05, 0) is 18.1 Å². The lowest BCUT2D eigenvalue weighted by molar-refractivity contribution is -0.137. The lowest BCUT2D eigenvalue weighted by atomic mass is 9.97. The van der Waals surface area contributed by atoms with Gasteiger partial charge in [0.2, 0.25) is 5.75 Å². The number of hydrogen-bond donors (Lipinski definition) is 1. The number of hydrogen-bond acceptors (Lipinski definition) is 5. The first-order chi connectivity index (χ1) is 9.92. The zero-order valence-corrected chi connectivity index (χ0v) is 12.6. The number of ether oxygens (including phenoxy) is 3. The van der Waals surface area contributed by atoms with Crippen molar-refractivity contribution in [3.63, 3.8) is 0 Å². The van der Waals surface area contributed by atoms with Crippen LogP contribution in [-0.2, 0) is 4.79 Å². The highest BCUT2D eigenvalue weighted by Gasteiger charge is 2.19. The fourth-order valence-corrected chi connectivity index (χ4v) is 2.05. The van der Waals surface area contributed by atoms with Crippen molar-refractivity contribution in [1.29, 1.82) is 0 Å². The number of ketones is 1. The average Bonchev–Trinajstić information content (AvgIpc) is 2.44. The van der Waals surface area contributed by atoms with E-state index in [-0.39, 0.29) is 24.5 Å². The molecule has 6 heteroatoms. The highest BCUT2D eigenvalue weighted by atomic mass is 16.5. The van der Waals surface area contributed by atoms with Gasteiger partial charge in [-0.25, -0.2) is 0 Å². The summed E-state index contributed by atoms with van der Waals surface area (Å²) in [4.78, 5) is 22.9. The Balaban J connectivity index is 3.02. The molecule has 21 heavy (non-hydrogen) atoms. The largest absolute Gasteiger partial charge is 0.493 e. The number of Topliss-reactive ketones (excluding diaryl/α,β-unsaturated/α-hetero) is 1. The standard InChI is InChI=1S/C15H20O6/c1-9(6-14(17)18)5-11(16)10-7-12(19-2)15(21-4)13(8-10)20-3/h7-9H,5-6H2,1-4H3,(H,17,18)/t9-/m0/s1. The third kappa shape index (κ3) is 4.37. The van der Waals surface area contributed by atoms with Gasteiger partial charge in [0.05, 0.1) is 21.3 Å². The molecule has 0 aromatic heterocycles. The van der Waals surface area contributed by atoms with Gasteiger partial charge >= 0.3 is 5.97 Å². The van der Waals surface area contributed by atoms with Crippen LogP contribution >= 0.6 is 0 Å². The van der Waals surface area contributed by atoms with Gasteiger partial charge in [-0.15, -0.1) is 0 Å². The molecule has 0 radical (unpaired) electrons. The lowest BCUT2D eigenvalue weighted by Crippen LogP contribution is -2.11. The lowest BCUT2D eigenvalue weighted by Gasteiger charge is -2.14. The van der Waals surface area contributed by atoms with Crippen LogP contribution in [0.25, 0.3) is 0 Å². The van der Waals surface area contributed by atoms with Crippen LogP contribution in [0.15, 0.2) is 12.1 Å². The highest BCUT2D eigenvalue weighted by Crippen LogP contribution is 2.38. The second kappa shape index (κ2) is 7.52. The number of carbonyl (C=O) groups excluding carboxylic acids is 1. The summed E-state index contributed by atoms with van der Waals surface area (Å²) in [5.74, 6) is -0.121. The van der Waals surface area contributed by atoms with E-state index in [1.54, 1.807) is 19.1 Å². The Morgan fingerprint density at radius 1 is 1.05 bits per heavy atom. The zero-order chi connectivity index (χ0) is 16.0. The fourth-order valence-electron chi connectivity index (χ4n) is 2.05. The van der Waals surface area contributed by atoms with E-state index in [0.29, 0.717) is 22.8 Å². The van der Waals surface area contributed by atoms with Crippen molar-refractivity contribution in [3.8, 4) is 17.2 Å². The summed E-state index contributed by atoms with van der Waals surface area (Å²) in [5.41, 5.74) is 0.404. The van der Waals surface area contributed by atoms with Gasteiger partial charge in [0.1, 0.15) is 0 Å². The molecule has 0 aliphatic rings. The van der Waals surface area contributed by atoms with Gasteiger partial charge in [0.25, 0.3) is 0 Å². The van der Waals surface area contributed by atoms with Crippen molar-refractivity contribution in [3.05, 3.63) is 17.7 Å². The second-order valence-electron chi connectivity index (χ2n) is 4.74. The maximum absolute atomic E-state index is 12.2. The Labute approximate surface area is 123 Å². The van der Waals surface area contributed by atoms with Gasteiger partial charge in [-0.3, -0.25) is 9.59 Å². The van der Waals surface area contributed by atoms with Crippen LogP contribution in [0.4, 0.5) is 0 Å². The first-order valence-corrected chi connectivity index (χ1v) is 6.47. The number of carbonyl (C=O) groups is 2. The minimum absolute atomic E-state index is 0.0455. The summed E-state index contributed by atoms with van der Waals surface area (Å²) in [6.45, 7) is 1.73. The molecular formula is C15H20O6. The Hall–Kier alpha value is -2.24. The van der Waals surface area contributed by atoms with Crippen molar-refractivity contribution in [1.82, 2.24) is 0 Å². The van der Waals surface area contributed by atoms with E-state index in [1.165, 1.54) is 21.3 Å². The van der Waals surface area contributed by atoms with E-state index in [0.717, 1.165) is 0 Å². The molecule has 0 amide bonds. The SMILES string of the molecule is COc1cc(C(=O)C[C@H](C)CC(=O)O)cc(OC)c1OC. The number of carboxylic acids is 1. The number of methoxy groups -OCH3 is 3. The van der Waals surface area contributed by atoms with Crippen molar-refractivity contribution < 1.29 is 28.9 Å². The Morgan fingerprint density at radius 2 is 1.57 bits per heavy atom. The van der Waals surface area contributed by atoms with Crippen LogP contribution in [0.3, 0.4) is 0 Å². The van der Waals surface area contributed by atoms with Crippen LogP contribution in [-0.4, -0.2) is 38.2 Å². The molecule has 0 saturated carbocycles. The highest BCUT2D eigenvalue weighted by molar-refractivity contribution is 5.97. The van der Waals surface area contributed by atoms with Crippen molar-refractivity contribution in [2.45, 2.75) is 19.8 Å². The molecule has 0 aliphatic heterocycles. The third-order valence-corrected chi connectivity index (χ3v) is 3.04. The minimum atomic E-state index is -0.916. The van der Waals surface area contributed by atoms with Gasteiger partial charge in [0, 0.05) is 18.4 Å². The van der Waals surface area contributed by atoms with E-state index in [1.807, 2.05) is 0 Å². The average molecular weight is 296 g/mol. The quantitative estimate of drug-likeness (QED) is 0.742.